The molecule has 0 saturated carbocycles. The second kappa shape index (κ2) is 7.54. The average molecular weight is 370 g/mol. The van der Waals surface area contributed by atoms with Crippen molar-refractivity contribution in [2.45, 2.75) is 12.5 Å². The zero-order valence-corrected chi connectivity index (χ0v) is 13.4. The molecule has 0 spiro atoms. The highest BCUT2D eigenvalue weighted by Gasteiger charge is 2.17. The van der Waals surface area contributed by atoms with Crippen molar-refractivity contribution in [3.05, 3.63) is 63.3 Å². The van der Waals surface area contributed by atoms with E-state index in [0.717, 1.165) is 5.56 Å². The average Bonchev–Trinajstić information content (AvgIpc) is 2.50. The summed E-state index contributed by atoms with van der Waals surface area (Å²) in [7, 11) is 0. The quantitative estimate of drug-likeness (QED) is 0.797. The van der Waals surface area contributed by atoms with Crippen molar-refractivity contribution in [2.75, 3.05) is 6.61 Å². The topological polar surface area (TPSA) is 62.2 Å². The van der Waals surface area contributed by atoms with Gasteiger partial charge in [-0.05, 0) is 34.0 Å². The van der Waals surface area contributed by atoms with Crippen LogP contribution in [0.25, 0.3) is 0 Å². The smallest absolute Gasteiger partial charge is 0.254 e. The third kappa shape index (κ3) is 4.52. The zero-order valence-electron chi connectivity index (χ0n) is 11.1. The van der Waals surface area contributed by atoms with Gasteiger partial charge in [-0.1, -0.05) is 41.9 Å². The van der Waals surface area contributed by atoms with Crippen molar-refractivity contribution in [1.82, 2.24) is 10.3 Å². The molecule has 1 heterocycles. The van der Waals surface area contributed by atoms with Gasteiger partial charge in [-0.15, -0.1) is 0 Å². The lowest BCUT2D eigenvalue weighted by atomic mass is 10.1. The van der Waals surface area contributed by atoms with Crippen LogP contribution in [0.1, 0.15) is 15.9 Å². The lowest BCUT2D eigenvalue weighted by Gasteiger charge is -2.16. The SMILES string of the molecule is O=C(N[C@H](CO)Cc1ccccc1)c1cc(Br)cnc1Cl. The Bertz CT molecular complexity index is 622. The molecule has 0 unspecified atom stereocenters. The summed E-state index contributed by atoms with van der Waals surface area (Å²) in [6.45, 7) is -0.153. The molecule has 4 nitrogen and oxygen atoms in total. The highest BCUT2D eigenvalue weighted by molar-refractivity contribution is 9.10. The van der Waals surface area contributed by atoms with Crippen LogP contribution in [-0.4, -0.2) is 28.6 Å². The summed E-state index contributed by atoms with van der Waals surface area (Å²) in [6.07, 6.45) is 2.06. The molecule has 0 fully saturated rings. The molecule has 6 heteroatoms. The first-order chi connectivity index (χ1) is 10.1. The maximum atomic E-state index is 12.2. The van der Waals surface area contributed by atoms with Crippen LogP contribution in [0.15, 0.2) is 47.1 Å². The van der Waals surface area contributed by atoms with E-state index in [9.17, 15) is 9.90 Å². The minimum Gasteiger partial charge on any atom is -0.394 e. The molecule has 0 aliphatic heterocycles. The minimum atomic E-state index is -0.380. The van der Waals surface area contributed by atoms with Crippen LogP contribution in [0.5, 0.6) is 0 Å². The van der Waals surface area contributed by atoms with Gasteiger partial charge in [0.1, 0.15) is 5.15 Å². The number of amides is 1. The number of hydrogen-bond donors (Lipinski definition) is 2. The number of aliphatic hydroxyl groups excluding tert-OH is 1. The fourth-order valence-electron chi connectivity index (χ4n) is 1.90. The zero-order chi connectivity index (χ0) is 15.2. The first kappa shape index (κ1) is 15.9. The van der Waals surface area contributed by atoms with Crippen molar-refractivity contribution in [2.24, 2.45) is 0 Å². The minimum absolute atomic E-state index is 0.132. The molecule has 0 aliphatic carbocycles. The van der Waals surface area contributed by atoms with Gasteiger partial charge in [0, 0.05) is 10.7 Å². The van der Waals surface area contributed by atoms with Crippen LogP contribution in [0, 0.1) is 0 Å². The number of nitrogens with one attached hydrogen (secondary N) is 1. The molecule has 2 aromatic rings. The number of rotatable bonds is 5. The maximum absolute atomic E-state index is 12.2. The molecule has 0 aliphatic rings. The Hall–Kier alpha value is -1.43. The van der Waals surface area contributed by atoms with E-state index >= 15 is 0 Å². The predicted molar refractivity (Wildman–Crippen MR) is 85.4 cm³/mol. The number of pyridine rings is 1. The molecule has 1 aromatic carbocycles. The number of aromatic nitrogens is 1. The highest BCUT2D eigenvalue weighted by atomic mass is 79.9. The Morgan fingerprint density at radius 2 is 2.10 bits per heavy atom. The van der Waals surface area contributed by atoms with Crippen molar-refractivity contribution in [1.29, 1.82) is 0 Å². The van der Waals surface area contributed by atoms with Crippen molar-refractivity contribution in [3.8, 4) is 0 Å². The van der Waals surface area contributed by atoms with Crippen molar-refractivity contribution in [3.63, 3.8) is 0 Å². The number of carbonyl (C=O) groups is 1. The van der Waals surface area contributed by atoms with Gasteiger partial charge >= 0.3 is 0 Å². The first-order valence-corrected chi connectivity index (χ1v) is 7.54. The largest absolute Gasteiger partial charge is 0.394 e. The van der Waals surface area contributed by atoms with Gasteiger partial charge in [0.25, 0.3) is 5.91 Å². The van der Waals surface area contributed by atoms with Crippen molar-refractivity contribution >= 4 is 33.4 Å². The second-order valence-corrected chi connectivity index (χ2v) is 5.81. The van der Waals surface area contributed by atoms with Crippen LogP contribution in [-0.2, 0) is 6.42 Å². The van der Waals surface area contributed by atoms with E-state index in [0.29, 0.717) is 10.9 Å². The van der Waals surface area contributed by atoms with Crippen LogP contribution in [0.2, 0.25) is 5.15 Å². The van der Waals surface area contributed by atoms with Gasteiger partial charge in [0.05, 0.1) is 18.2 Å². The summed E-state index contributed by atoms with van der Waals surface area (Å²) in [5.41, 5.74) is 1.31. The summed E-state index contributed by atoms with van der Waals surface area (Å²) in [4.78, 5) is 16.1. The van der Waals surface area contributed by atoms with Crippen LogP contribution in [0.3, 0.4) is 0 Å². The molecular formula is C15H14BrClN2O2. The summed E-state index contributed by atoms with van der Waals surface area (Å²) >= 11 is 9.17. The lowest BCUT2D eigenvalue weighted by Crippen LogP contribution is -2.39. The van der Waals surface area contributed by atoms with E-state index in [1.54, 1.807) is 6.07 Å². The molecule has 0 saturated heterocycles. The molecule has 110 valence electrons. The molecule has 21 heavy (non-hydrogen) atoms. The molecule has 0 radical (unpaired) electrons. The molecule has 1 amide bonds. The van der Waals surface area contributed by atoms with E-state index < -0.39 is 0 Å². The van der Waals surface area contributed by atoms with E-state index in [2.05, 4.69) is 26.2 Å². The van der Waals surface area contributed by atoms with E-state index in [4.69, 9.17) is 11.6 Å². The normalized spacial score (nSPS) is 12.0. The summed E-state index contributed by atoms with van der Waals surface area (Å²) in [6, 6.07) is 10.9. The number of carbonyl (C=O) groups excluding carboxylic acids is 1. The van der Waals surface area contributed by atoms with Gasteiger partial charge in [-0.25, -0.2) is 4.98 Å². The van der Waals surface area contributed by atoms with Gasteiger partial charge < -0.3 is 10.4 Å². The Labute approximate surface area is 136 Å². The van der Waals surface area contributed by atoms with Gasteiger partial charge in [0.2, 0.25) is 0 Å². The van der Waals surface area contributed by atoms with E-state index in [1.165, 1.54) is 6.20 Å². The maximum Gasteiger partial charge on any atom is 0.254 e. The number of nitrogens with zero attached hydrogens (tertiary/aromatic N) is 1. The van der Waals surface area contributed by atoms with Gasteiger partial charge in [0.15, 0.2) is 0 Å². The number of aliphatic hydroxyl groups is 1. The van der Waals surface area contributed by atoms with Crippen LogP contribution in [0.4, 0.5) is 0 Å². The predicted octanol–water partition coefficient (Wildman–Crippen LogP) is 2.83. The second-order valence-electron chi connectivity index (χ2n) is 4.53. The van der Waals surface area contributed by atoms with Crippen LogP contribution >= 0.6 is 27.5 Å². The molecule has 2 rings (SSSR count). The van der Waals surface area contributed by atoms with Gasteiger partial charge in [-0.2, -0.15) is 0 Å². The Morgan fingerprint density at radius 1 is 1.38 bits per heavy atom. The summed E-state index contributed by atoms with van der Waals surface area (Å²) in [5.74, 6) is -0.358. The Kier molecular flexibility index (Phi) is 5.73. The Morgan fingerprint density at radius 3 is 2.76 bits per heavy atom. The lowest BCUT2D eigenvalue weighted by molar-refractivity contribution is 0.0916. The summed E-state index contributed by atoms with van der Waals surface area (Å²) < 4.78 is 0.667. The number of hydrogen-bond acceptors (Lipinski definition) is 3. The first-order valence-electron chi connectivity index (χ1n) is 6.37. The monoisotopic (exact) mass is 368 g/mol. The third-order valence-corrected chi connectivity index (χ3v) is 3.67. The fourth-order valence-corrected chi connectivity index (χ4v) is 2.43. The fraction of sp³-hybridized carbons (Fsp3) is 0.200. The standard InChI is InChI=1S/C15H14BrClN2O2/c16-11-7-13(14(17)18-8-11)15(21)19-12(9-20)6-10-4-2-1-3-5-10/h1-5,7-8,12,20H,6,9H2,(H,19,21)/t12-/m0/s1. The molecular weight excluding hydrogens is 356 g/mol. The third-order valence-electron chi connectivity index (χ3n) is 2.93. The molecule has 1 atom stereocenters. The highest BCUT2D eigenvalue weighted by Crippen LogP contribution is 2.18. The summed E-state index contributed by atoms with van der Waals surface area (Å²) in [5, 5.41) is 12.3. The number of benzene rings is 1. The number of halogens is 2. The Balaban J connectivity index is 2.07. The molecule has 2 N–H and O–H groups in total. The van der Waals surface area contributed by atoms with E-state index in [-0.39, 0.29) is 29.3 Å². The molecule has 0 bridgehead atoms. The van der Waals surface area contributed by atoms with E-state index in [1.807, 2.05) is 30.3 Å². The van der Waals surface area contributed by atoms with Gasteiger partial charge in [-0.3, -0.25) is 4.79 Å². The van der Waals surface area contributed by atoms with Crippen molar-refractivity contribution < 1.29 is 9.90 Å². The molecule has 1 aromatic heterocycles. The van der Waals surface area contributed by atoms with Crippen LogP contribution < -0.4 is 5.32 Å².